The highest BCUT2D eigenvalue weighted by atomic mass is 16.2. The summed E-state index contributed by atoms with van der Waals surface area (Å²) >= 11 is 0. The maximum atomic E-state index is 12.1. The van der Waals surface area contributed by atoms with Crippen molar-refractivity contribution in [3.63, 3.8) is 0 Å². The van der Waals surface area contributed by atoms with Crippen molar-refractivity contribution in [3.05, 3.63) is 24.3 Å². The lowest BCUT2D eigenvalue weighted by Crippen LogP contribution is -2.42. The zero-order valence-electron chi connectivity index (χ0n) is 15.9. The number of hydrogen-bond donors (Lipinski definition) is 4. The van der Waals surface area contributed by atoms with Crippen LogP contribution in [0.2, 0.25) is 0 Å². The topological polar surface area (TPSA) is 120 Å². The minimum absolute atomic E-state index is 0.0602. The number of rotatable bonds is 7. The summed E-state index contributed by atoms with van der Waals surface area (Å²) in [4.78, 5) is 39.1. The molecule has 0 bridgehead atoms. The van der Waals surface area contributed by atoms with E-state index in [0.29, 0.717) is 31.9 Å². The number of benzene rings is 1. The molecule has 2 saturated heterocycles. The van der Waals surface area contributed by atoms with Crippen molar-refractivity contribution in [3.8, 4) is 0 Å². The summed E-state index contributed by atoms with van der Waals surface area (Å²) in [5.74, 6) is -0.286. The highest BCUT2D eigenvalue weighted by molar-refractivity contribution is 5.95. The van der Waals surface area contributed by atoms with Crippen molar-refractivity contribution >= 4 is 29.3 Å². The zero-order chi connectivity index (χ0) is 19.9. The average Bonchev–Trinajstić information content (AvgIpc) is 3.11. The summed E-state index contributed by atoms with van der Waals surface area (Å²) in [6.07, 6.45) is 2.64. The van der Waals surface area contributed by atoms with Crippen LogP contribution in [0.4, 0.5) is 21.0 Å². The second-order valence-corrected chi connectivity index (χ2v) is 7.21. The Bertz CT molecular complexity index is 725. The molecule has 1 unspecified atom stereocenters. The molecule has 9 nitrogen and oxygen atoms in total. The molecule has 0 aliphatic carbocycles. The predicted molar refractivity (Wildman–Crippen MR) is 107 cm³/mol. The van der Waals surface area contributed by atoms with Gasteiger partial charge in [-0.3, -0.25) is 9.69 Å². The van der Waals surface area contributed by atoms with Gasteiger partial charge < -0.3 is 26.6 Å². The monoisotopic (exact) mass is 388 g/mol. The minimum Gasteiger partial charge on any atom is -0.369 e. The van der Waals surface area contributed by atoms with Crippen LogP contribution in [0.5, 0.6) is 0 Å². The number of carbonyl (C=O) groups excluding carboxylic acids is 3. The number of urea groups is 2. The molecule has 5 N–H and O–H groups in total. The first-order valence-electron chi connectivity index (χ1n) is 9.75. The van der Waals surface area contributed by atoms with Gasteiger partial charge in [0.15, 0.2) is 0 Å². The summed E-state index contributed by atoms with van der Waals surface area (Å²) in [6.45, 7) is 4.27. The highest BCUT2D eigenvalue weighted by Gasteiger charge is 2.23. The molecule has 5 amide bonds. The number of hydrogen-bond acceptors (Lipinski definition) is 4. The molecule has 28 heavy (non-hydrogen) atoms. The van der Waals surface area contributed by atoms with Crippen LogP contribution in [0.25, 0.3) is 0 Å². The number of nitrogens with two attached hydrogens (primary N) is 1. The molecule has 152 valence electrons. The van der Waals surface area contributed by atoms with Crippen molar-refractivity contribution in [2.75, 3.05) is 49.5 Å². The molecule has 1 atom stereocenters. The van der Waals surface area contributed by atoms with Gasteiger partial charge in [-0.05, 0) is 50.6 Å². The Labute approximate surface area is 164 Å². The minimum atomic E-state index is -0.281. The molecule has 2 fully saturated rings. The molecule has 0 saturated carbocycles. The molecule has 2 heterocycles. The van der Waals surface area contributed by atoms with Gasteiger partial charge in [-0.2, -0.15) is 0 Å². The van der Waals surface area contributed by atoms with Gasteiger partial charge in [-0.15, -0.1) is 0 Å². The lowest BCUT2D eigenvalue weighted by molar-refractivity contribution is -0.123. The number of piperidine rings is 1. The molecular formula is C19H28N6O3. The number of carbonyl (C=O) groups is 3. The smallest absolute Gasteiger partial charge is 0.321 e. The first-order valence-corrected chi connectivity index (χ1v) is 9.75. The van der Waals surface area contributed by atoms with Gasteiger partial charge in [-0.1, -0.05) is 6.07 Å². The normalized spacial score (nSPS) is 19.9. The van der Waals surface area contributed by atoms with E-state index in [2.05, 4.69) is 20.9 Å². The van der Waals surface area contributed by atoms with Crippen LogP contribution in [-0.2, 0) is 4.79 Å². The summed E-state index contributed by atoms with van der Waals surface area (Å²) in [5.41, 5.74) is 6.79. The summed E-state index contributed by atoms with van der Waals surface area (Å²) in [6, 6.07) is 6.81. The Morgan fingerprint density at radius 3 is 2.89 bits per heavy atom. The van der Waals surface area contributed by atoms with Gasteiger partial charge in [0.25, 0.3) is 0 Å². The number of nitrogens with zero attached hydrogens (tertiary/aromatic N) is 2. The number of anilines is 2. The van der Waals surface area contributed by atoms with Crippen LogP contribution in [-0.4, -0.2) is 62.1 Å². The molecule has 2 aliphatic heterocycles. The van der Waals surface area contributed by atoms with E-state index in [-0.39, 0.29) is 23.9 Å². The molecule has 3 rings (SSSR count). The molecule has 0 spiro atoms. The van der Waals surface area contributed by atoms with Crippen LogP contribution in [0.15, 0.2) is 24.3 Å². The molecule has 0 aromatic heterocycles. The van der Waals surface area contributed by atoms with E-state index in [1.54, 1.807) is 17.0 Å². The van der Waals surface area contributed by atoms with Crippen LogP contribution < -0.4 is 26.6 Å². The molecule has 1 aromatic carbocycles. The van der Waals surface area contributed by atoms with Gasteiger partial charge in [0.2, 0.25) is 5.91 Å². The van der Waals surface area contributed by atoms with Gasteiger partial charge in [-0.25, -0.2) is 9.59 Å². The maximum absolute atomic E-state index is 12.1. The van der Waals surface area contributed by atoms with Crippen molar-refractivity contribution in [2.24, 2.45) is 11.7 Å². The SMILES string of the molecule is NC(=O)C1CCCN(CCCNC(=O)Nc2cccc(N3CCNC3=O)c2)C1. The Hall–Kier alpha value is -2.81. The van der Waals surface area contributed by atoms with E-state index in [9.17, 15) is 14.4 Å². The fourth-order valence-electron chi connectivity index (χ4n) is 3.64. The Kier molecular flexibility index (Phi) is 6.70. The van der Waals surface area contributed by atoms with Crippen LogP contribution in [0.1, 0.15) is 19.3 Å². The second-order valence-electron chi connectivity index (χ2n) is 7.21. The van der Waals surface area contributed by atoms with Crippen molar-refractivity contribution in [1.29, 1.82) is 0 Å². The molecule has 1 aromatic rings. The van der Waals surface area contributed by atoms with E-state index in [4.69, 9.17) is 5.73 Å². The number of primary amides is 1. The standard InChI is InChI=1S/C19H28N6O3/c20-17(26)14-4-2-9-24(13-14)10-3-7-21-18(27)23-15-5-1-6-16(12-15)25-11-8-22-19(25)28/h1,5-6,12,14H,2-4,7-11,13H2,(H2,20,26)(H,22,28)(H2,21,23,27). The van der Waals surface area contributed by atoms with Gasteiger partial charge in [0.05, 0.1) is 5.92 Å². The predicted octanol–water partition coefficient (Wildman–Crippen LogP) is 0.925. The van der Waals surface area contributed by atoms with Crippen molar-refractivity contribution in [1.82, 2.24) is 15.5 Å². The Morgan fingerprint density at radius 2 is 2.14 bits per heavy atom. The summed E-state index contributed by atoms with van der Waals surface area (Å²) < 4.78 is 0. The Balaban J connectivity index is 1.39. The van der Waals surface area contributed by atoms with E-state index < -0.39 is 0 Å². The van der Waals surface area contributed by atoms with Gasteiger partial charge in [0, 0.05) is 37.6 Å². The summed E-state index contributed by atoms with van der Waals surface area (Å²) in [5, 5.41) is 8.40. The van der Waals surface area contributed by atoms with Gasteiger partial charge in [0.1, 0.15) is 0 Å². The second kappa shape index (κ2) is 9.41. The average molecular weight is 388 g/mol. The van der Waals surface area contributed by atoms with Crippen LogP contribution >= 0.6 is 0 Å². The van der Waals surface area contributed by atoms with E-state index >= 15 is 0 Å². The van der Waals surface area contributed by atoms with Crippen LogP contribution in [0, 0.1) is 5.92 Å². The number of likely N-dealkylation sites (tertiary alicyclic amines) is 1. The third-order valence-electron chi connectivity index (χ3n) is 5.12. The first kappa shape index (κ1) is 19.9. The van der Waals surface area contributed by atoms with E-state index in [1.807, 2.05) is 12.1 Å². The fourth-order valence-corrected chi connectivity index (χ4v) is 3.64. The molecule has 0 radical (unpaired) electrons. The molecule has 2 aliphatic rings. The van der Waals surface area contributed by atoms with E-state index in [0.717, 1.165) is 38.0 Å². The van der Waals surface area contributed by atoms with E-state index in [1.165, 1.54) is 0 Å². The van der Waals surface area contributed by atoms with Crippen molar-refractivity contribution in [2.45, 2.75) is 19.3 Å². The zero-order valence-corrected chi connectivity index (χ0v) is 15.9. The largest absolute Gasteiger partial charge is 0.369 e. The molecule has 9 heteroatoms. The lowest BCUT2D eigenvalue weighted by Gasteiger charge is -2.31. The maximum Gasteiger partial charge on any atom is 0.321 e. The summed E-state index contributed by atoms with van der Waals surface area (Å²) in [7, 11) is 0. The third-order valence-corrected chi connectivity index (χ3v) is 5.12. The third kappa shape index (κ3) is 5.35. The Morgan fingerprint density at radius 1 is 1.29 bits per heavy atom. The molecular weight excluding hydrogens is 360 g/mol. The quantitative estimate of drug-likeness (QED) is 0.519. The highest BCUT2D eigenvalue weighted by Crippen LogP contribution is 2.21. The lowest BCUT2D eigenvalue weighted by atomic mass is 9.97. The fraction of sp³-hybridized carbons (Fsp3) is 0.526. The van der Waals surface area contributed by atoms with Gasteiger partial charge >= 0.3 is 12.1 Å². The van der Waals surface area contributed by atoms with Crippen molar-refractivity contribution < 1.29 is 14.4 Å². The number of amides is 5. The van der Waals surface area contributed by atoms with Crippen LogP contribution in [0.3, 0.4) is 0 Å². The number of nitrogens with one attached hydrogen (secondary N) is 3. The first-order chi connectivity index (χ1) is 13.5.